The Kier molecular flexibility index (Phi) is 2.14. The summed E-state index contributed by atoms with van der Waals surface area (Å²) >= 11 is 0. The van der Waals surface area contributed by atoms with Gasteiger partial charge in [-0.2, -0.15) is 0 Å². The van der Waals surface area contributed by atoms with Gasteiger partial charge in [-0.25, -0.2) is 0 Å². The summed E-state index contributed by atoms with van der Waals surface area (Å²) < 4.78 is 5.73. The van der Waals surface area contributed by atoms with Gasteiger partial charge in [0, 0.05) is 23.7 Å². The molecule has 0 aromatic carbocycles. The average Bonchev–Trinajstić information content (AvgIpc) is 2.57. The summed E-state index contributed by atoms with van der Waals surface area (Å²) in [6.45, 7) is 8.63. The van der Waals surface area contributed by atoms with Crippen LogP contribution in [-0.4, -0.2) is 4.98 Å². The van der Waals surface area contributed by atoms with Crippen molar-refractivity contribution in [1.82, 2.24) is 4.98 Å². The second-order valence-corrected chi connectivity index (χ2v) is 4.46. The maximum atomic E-state index is 5.73. The van der Waals surface area contributed by atoms with Crippen LogP contribution in [0.15, 0.2) is 16.5 Å². The van der Waals surface area contributed by atoms with Crippen molar-refractivity contribution in [3.05, 3.63) is 23.6 Å². The van der Waals surface area contributed by atoms with Gasteiger partial charge in [-0.1, -0.05) is 27.7 Å². The summed E-state index contributed by atoms with van der Waals surface area (Å²) in [4.78, 5) is 3.38. The third-order valence-electron chi connectivity index (χ3n) is 2.54. The number of aromatic amines is 1. The molecule has 0 atom stereocenters. The van der Waals surface area contributed by atoms with Gasteiger partial charge in [-0.05, 0) is 5.92 Å². The molecule has 2 heterocycles. The van der Waals surface area contributed by atoms with Crippen LogP contribution in [0.4, 0.5) is 0 Å². The van der Waals surface area contributed by atoms with Gasteiger partial charge in [-0.15, -0.1) is 0 Å². The summed E-state index contributed by atoms with van der Waals surface area (Å²) in [5.41, 5.74) is 3.35. The maximum Gasteiger partial charge on any atom is 0.152 e. The van der Waals surface area contributed by atoms with E-state index in [4.69, 9.17) is 4.42 Å². The van der Waals surface area contributed by atoms with E-state index in [1.54, 1.807) is 0 Å². The topological polar surface area (TPSA) is 28.9 Å². The first-order chi connectivity index (χ1) is 6.58. The van der Waals surface area contributed by atoms with E-state index in [0.29, 0.717) is 11.8 Å². The van der Waals surface area contributed by atoms with E-state index in [1.165, 1.54) is 5.69 Å². The Hall–Kier alpha value is -1.18. The molecule has 0 unspecified atom stereocenters. The second-order valence-electron chi connectivity index (χ2n) is 4.46. The number of hydrogen-bond donors (Lipinski definition) is 1. The van der Waals surface area contributed by atoms with Crippen molar-refractivity contribution < 1.29 is 4.42 Å². The molecule has 0 spiro atoms. The summed E-state index contributed by atoms with van der Waals surface area (Å²) in [6, 6.07) is 4.21. The Morgan fingerprint density at radius 3 is 2.29 bits per heavy atom. The maximum absolute atomic E-state index is 5.73. The third kappa shape index (κ3) is 1.45. The molecule has 0 aliphatic rings. The monoisotopic (exact) mass is 191 g/mol. The number of aromatic nitrogens is 1. The van der Waals surface area contributed by atoms with E-state index in [9.17, 15) is 0 Å². The molecule has 0 bridgehead atoms. The zero-order valence-electron chi connectivity index (χ0n) is 9.22. The summed E-state index contributed by atoms with van der Waals surface area (Å²) in [5, 5.41) is 0. The molecular weight excluding hydrogens is 174 g/mol. The van der Waals surface area contributed by atoms with Crippen LogP contribution in [0.1, 0.15) is 51.0 Å². The van der Waals surface area contributed by atoms with Gasteiger partial charge in [0.15, 0.2) is 5.58 Å². The normalized spacial score (nSPS) is 12.1. The Morgan fingerprint density at radius 1 is 1.07 bits per heavy atom. The first-order valence-electron chi connectivity index (χ1n) is 5.20. The van der Waals surface area contributed by atoms with E-state index in [-0.39, 0.29) is 0 Å². The molecule has 2 nitrogen and oxygen atoms in total. The van der Waals surface area contributed by atoms with Gasteiger partial charge < -0.3 is 9.40 Å². The van der Waals surface area contributed by atoms with E-state index in [2.05, 4.69) is 44.8 Å². The van der Waals surface area contributed by atoms with Crippen molar-refractivity contribution >= 4 is 11.1 Å². The van der Waals surface area contributed by atoms with Crippen molar-refractivity contribution in [3.63, 3.8) is 0 Å². The summed E-state index contributed by atoms with van der Waals surface area (Å²) in [6.07, 6.45) is 0. The second kappa shape index (κ2) is 3.19. The van der Waals surface area contributed by atoms with Crippen molar-refractivity contribution in [3.8, 4) is 0 Å². The third-order valence-corrected chi connectivity index (χ3v) is 2.54. The molecule has 2 heteroatoms. The van der Waals surface area contributed by atoms with Crippen LogP contribution in [0, 0.1) is 0 Å². The molecule has 2 aromatic heterocycles. The molecule has 1 N–H and O–H groups in total. The molecule has 0 fully saturated rings. The van der Waals surface area contributed by atoms with Crippen LogP contribution in [0.2, 0.25) is 0 Å². The molecule has 0 aliphatic carbocycles. The SMILES string of the molecule is CC(C)c1cc2oc(C(C)C)cc2[nH]1. The van der Waals surface area contributed by atoms with Gasteiger partial charge in [0.05, 0.1) is 5.52 Å². The van der Waals surface area contributed by atoms with Crippen LogP contribution in [0.3, 0.4) is 0 Å². The van der Waals surface area contributed by atoms with Gasteiger partial charge in [0.25, 0.3) is 0 Å². The van der Waals surface area contributed by atoms with Crippen molar-refractivity contribution in [1.29, 1.82) is 0 Å². The van der Waals surface area contributed by atoms with Gasteiger partial charge in [0.1, 0.15) is 5.76 Å². The first-order valence-corrected chi connectivity index (χ1v) is 5.20. The van der Waals surface area contributed by atoms with Gasteiger partial charge >= 0.3 is 0 Å². The predicted molar refractivity (Wildman–Crippen MR) is 58.7 cm³/mol. The van der Waals surface area contributed by atoms with E-state index >= 15 is 0 Å². The lowest BCUT2D eigenvalue weighted by Gasteiger charge is -1.99. The lowest BCUT2D eigenvalue weighted by atomic mass is 10.1. The number of H-pyrrole nitrogens is 1. The van der Waals surface area contributed by atoms with E-state index in [1.807, 2.05) is 0 Å². The highest BCUT2D eigenvalue weighted by Gasteiger charge is 2.11. The minimum atomic E-state index is 0.457. The number of fused-ring (bicyclic) bond motifs is 1. The Bertz CT molecular complexity index is 365. The van der Waals surface area contributed by atoms with Crippen LogP contribution in [0.25, 0.3) is 11.1 Å². The molecule has 2 aromatic rings. The molecule has 0 aliphatic heterocycles. The Morgan fingerprint density at radius 2 is 1.79 bits per heavy atom. The van der Waals surface area contributed by atoms with Crippen molar-refractivity contribution in [2.24, 2.45) is 0 Å². The summed E-state index contributed by atoms with van der Waals surface area (Å²) in [7, 11) is 0. The highest BCUT2D eigenvalue weighted by Crippen LogP contribution is 2.27. The fourth-order valence-electron chi connectivity index (χ4n) is 1.56. The molecule has 0 saturated carbocycles. The van der Waals surface area contributed by atoms with E-state index in [0.717, 1.165) is 16.9 Å². The molecule has 0 saturated heterocycles. The van der Waals surface area contributed by atoms with Crippen molar-refractivity contribution in [2.45, 2.75) is 39.5 Å². The fourth-order valence-corrected chi connectivity index (χ4v) is 1.56. The lowest BCUT2D eigenvalue weighted by molar-refractivity contribution is 0.521. The first kappa shape index (κ1) is 9.38. The smallest absolute Gasteiger partial charge is 0.152 e. The quantitative estimate of drug-likeness (QED) is 0.763. The largest absolute Gasteiger partial charge is 0.459 e. The van der Waals surface area contributed by atoms with Crippen LogP contribution >= 0.6 is 0 Å². The van der Waals surface area contributed by atoms with Crippen molar-refractivity contribution in [2.75, 3.05) is 0 Å². The average molecular weight is 191 g/mol. The Balaban J connectivity index is 2.45. The number of nitrogens with one attached hydrogen (secondary N) is 1. The van der Waals surface area contributed by atoms with Gasteiger partial charge in [-0.3, -0.25) is 0 Å². The number of rotatable bonds is 2. The number of hydrogen-bond acceptors (Lipinski definition) is 1. The zero-order valence-corrected chi connectivity index (χ0v) is 9.22. The lowest BCUT2D eigenvalue weighted by Crippen LogP contribution is -1.86. The molecular formula is C12H17NO. The minimum absolute atomic E-state index is 0.457. The van der Waals surface area contributed by atoms with Crippen LogP contribution in [0.5, 0.6) is 0 Å². The van der Waals surface area contributed by atoms with Gasteiger partial charge in [0.2, 0.25) is 0 Å². The minimum Gasteiger partial charge on any atom is -0.459 e. The number of furan rings is 1. The summed E-state index contributed by atoms with van der Waals surface area (Å²) in [5.74, 6) is 2.04. The molecule has 0 radical (unpaired) electrons. The molecule has 2 rings (SSSR count). The molecule has 76 valence electrons. The molecule has 0 amide bonds. The Labute approximate surface area is 84.3 Å². The standard InChI is InChI=1S/C12H17NO/c1-7(2)9-5-12-10(13-9)6-11(14-12)8(3)4/h5-8,13H,1-4H3. The van der Waals surface area contributed by atoms with E-state index < -0.39 is 0 Å². The highest BCUT2D eigenvalue weighted by atomic mass is 16.3. The van der Waals surface area contributed by atoms with Crippen LogP contribution < -0.4 is 0 Å². The predicted octanol–water partition coefficient (Wildman–Crippen LogP) is 4.01. The zero-order chi connectivity index (χ0) is 10.3. The fraction of sp³-hybridized carbons (Fsp3) is 0.500. The highest BCUT2D eigenvalue weighted by molar-refractivity contribution is 5.75. The van der Waals surface area contributed by atoms with Crippen LogP contribution in [-0.2, 0) is 0 Å². The molecule has 14 heavy (non-hydrogen) atoms.